The molecule has 1 aromatic rings. The number of hydrogen-bond acceptors (Lipinski definition) is 3. The molecule has 0 aliphatic carbocycles. The van der Waals surface area contributed by atoms with Crippen molar-refractivity contribution in [3.8, 4) is 0 Å². The largest absolute Gasteiger partial charge is 0.391 e. The molecule has 0 bridgehead atoms. The van der Waals surface area contributed by atoms with Gasteiger partial charge in [0, 0.05) is 11.4 Å². The molecule has 1 aromatic heterocycles. The Morgan fingerprint density at radius 2 is 2.11 bits per heavy atom. The Labute approximate surface area is 117 Å². The number of nitrogens with one attached hydrogen (secondary N) is 1. The normalized spacial score (nSPS) is 14.6. The number of carbonyl (C=O) groups is 1. The highest BCUT2D eigenvalue weighted by Gasteiger charge is 2.18. The fourth-order valence-corrected chi connectivity index (χ4v) is 2.80. The molecule has 0 radical (unpaired) electrons. The van der Waals surface area contributed by atoms with Gasteiger partial charge >= 0.3 is 0 Å². The van der Waals surface area contributed by atoms with E-state index in [9.17, 15) is 9.90 Å². The number of thiophene rings is 1. The topological polar surface area (TPSA) is 49.3 Å². The standard InChI is InChI=1S/C13H20ClNO2S/c1-8(2)6-10(16)7-15-13(17)9(3)11-4-5-12(14)18-11/h4-5,8-10,16H,6-7H2,1-3H3,(H,15,17). The molecule has 5 heteroatoms. The van der Waals surface area contributed by atoms with Gasteiger partial charge in [0.25, 0.3) is 0 Å². The molecule has 18 heavy (non-hydrogen) atoms. The number of halogens is 1. The molecule has 0 spiro atoms. The zero-order chi connectivity index (χ0) is 13.7. The second-order valence-corrected chi connectivity index (χ2v) is 6.64. The van der Waals surface area contributed by atoms with Crippen molar-refractivity contribution >= 4 is 28.8 Å². The van der Waals surface area contributed by atoms with Crippen molar-refractivity contribution in [1.82, 2.24) is 5.32 Å². The quantitative estimate of drug-likeness (QED) is 0.846. The van der Waals surface area contributed by atoms with Gasteiger partial charge in [-0.15, -0.1) is 11.3 Å². The molecule has 0 aliphatic rings. The Morgan fingerprint density at radius 1 is 1.44 bits per heavy atom. The summed E-state index contributed by atoms with van der Waals surface area (Å²) in [5.41, 5.74) is 0. The van der Waals surface area contributed by atoms with Crippen molar-refractivity contribution in [3.05, 3.63) is 21.3 Å². The van der Waals surface area contributed by atoms with Crippen LogP contribution in [0.25, 0.3) is 0 Å². The van der Waals surface area contributed by atoms with Crippen LogP contribution in [0.3, 0.4) is 0 Å². The third-order valence-corrected chi connectivity index (χ3v) is 4.08. The van der Waals surface area contributed by atoms with Crippen LogP contribution in [-0.2, 0) is 4.79 Å². The minimum absolute atomic E-state index is 0.0728. The van der Waals surface area contributed by atoms with Gasteiger partial charge in [0.05, 0.1) is 16.4 Å². The number of aliphatic hydroxyl groups is 1. The monoisotopic (exact) mass is 289 g/mol. The molecule has 0 saturated heterocycles. The highest BCUT2D eigenvalue weighted by Crippen LogP contribution is 2.28. The molecule has 0 saturated carbocycles. The van der Waals surface area contributed by atoms with Gasteiger partial charge in [0.1, 0.15) is 0 Å². The molecule has 1 rings (SSSR count). The van der Waals surface area contributed by atoms with Crippen LogP contribution in [0, 0.1) is 5.92 Å². The summed E-state index contributed by atoms with van der Waals surface area (Å²) in [6.07, 6.45) is 0.215. The predicted octanol–water partition coefficient (Wildman–Crippen LogP) is 3.03. The van der Waals surface area contributed by atoms with Gasteiger partial charge in [-0.25, -0.2) is 0 Å². The van der Waals surface area contributed by atoms with E-state index in [4.69, 9.17) is 11.6 Å². The molecule has 1 amide bonds. The van der Waals surface area contributed by atoms with Crippen molar-refractivity contribution in [3.63, 3.8) is 0 Å². The average Bonchev–Trinajstić information content (AvgIpc) is 2.70. The summed E-state index contributed by atoms with van der Waals surface area (Å²) in [5, 5.41) is 12.5. The van der Waals surface area contributed by atoms with E-state index >= 15 is 0 Å². The summed E-state index contributed by atoms with van der Waals surface area (Å²) in [5.74, 6) is 0.121. The lowest BCUT2D eigenvalue weighted by atomic mass is 10.1. The van der Waals surface area contributed by atoms with Crippen LogP contribution in [0.5, 0.6) is 0 Å². The van der Waals surface area contributed by atoms with Crippen molar-refractivity contribution < 1.29 is 9.90 Å². The molecule has 2 N–H and O–H groups in total. The van der Waals surface area contributed by atoms with Crippen LogP contribution in [0.15, 0.2) is 12.1 Å². The van der Waals surface area contributed by atoms with Crippen molar-refractivity contribution in [2.45, 2.75) is 39.2 Å². The second-order valence-electron chi connectivity index (χ2n) is 4.89. The van der Waals surface area contributed by atoms with E-state index in [2.05, 4.69) is 5.32 Å². The van der Waals surface area contributed by atoms with E-state index in [1.165, 1.54) is 11.3 Å². The summed E-state index contributed by atoms with van der Waals surface area (Å²) in [6.45, 7) is 6.23. The summed E-state index contributed by atoms with van der Waals surface area (Å²) in [6, 6.07) is 3.65. The molecule has 102 valence electrons. The number of hydrogen-bond donors (Lipinski definition) is 2. The molecule has 0 aromatic carbocycles. The van der Waals surface area contributed by atoms with Crippen LogP contribution >= 0.6 is 22.9 Å². The lowest BCUT2D eigenvalue weighted by Gasteiger charge is -2.15. The zero-order valence-corrected chi connectivity index (χ0v) is 12.5. The van der Waals surface area contributed by atoms with Gasteiger partial charge in [0.15, 0.2) is 0 Å². The summed E-state index contributed by atoms with van der Waals surface area (Å²) < 4.78 is 0.685. The molecule has 2 unspecified atom stereocenters. The van der Waals surface area contributed by atoms with E-state index in [-0.39, 0.29) is 11.8 Å². The van der Waals surface area contributed by atoms with Gasteiger partial charge in [-0.3, -0.25) is 4.79 Å². The van der Waals surface area contributed by atoms with E-state index < -0.39 is 6.10 Å². The maximum atomic E-state index is 11.9. The molecule has 0 fully saturated rings. The highest BCUT2D eigenvalue weighted by atomic mass is 35.5. The van der Waals surface area contributed by atoms with Crippen LogP contribution in [0.4, 0.5) is 0 Å². The van der Waals surface area contributed by atoms with Gasteiger partial charge in [-0.2, -0.15) is 0 Å². The third-order valence-electron chi connectivity index (χ3n) is 2.67. The first-order valence-electron chi connectivity index (χ1n) is 6.11. The summed E-state index contributed by atoms with van der Waals surface area (Å²) in [7, 11) is 0. The first-order valence-corrected chi connectivity index (χ1v) is 7.30. The predicted molar refractivity (Wildman–Crippen MR) is 76.2 cm³/mol. The van der Waals surface area contributed by atoms with Crippen molar-refractivity contribution in [1.29, 1.82) is 0 Å². The second kappa shape index (κ2) is 7.12. The van der Waals surface area contributed by atoms with E-state index in [0.717, 1.165) is 4.88 Å². The maximum absolute atomic E-state index is 11.9. The number of rotatable bonds is 6. The molecule has 0 aliphatic heterocycles. The van der Waals surface area contributed by atoms with Gasteiger partial charge < -0.3 is 10.4 Å². The SMILES string of the molecule is CC(C)CC(O)CNC(=O)C(C)c1ccc(Cl)s1. The first-order chi connectivity index (χ1) is 8.40. The van der Waals surface area contributed by atoms with Crippen LogP contribution in [-0.4, -0.2) is 23.7 Å². The average molecular weight is 290 g/mol. The highest BCUT2D eigenvalue weighted by molar-refractivity contribution is 7.16. The van der Waals surface area contributed by atoms with E-state index in [1.54, 1.807) is 6.07 Å². The van der Waals surface area contributed by atoms with Gasteiger partial charge in [0.2, 0.25) is 5.91 Å². The fraction of sp³-hybridized carbons (Fsp3) is 0.615. The van der Waals surface area contributed by atoms with Gasteiger partial charge in [-0.1, -0.05) is 25.4 Å². The maximum Gasteiger partial charge on any atom is 0.228 e. The molecular formula is C13H20ClNO2S. The number of carbonyl (C=O) groups excluding carboxylic acids is 1. The third kappa shape index (κ3) is 4.96. The Hall–Kier alpha value is -0.580. The van der Waals surface area contributed by atoms with Crippen LogP contribution in [0.1, 0.15) is 38.0 Å². The van der Waals surface area contributed by atoms with Crippen molar-refractivity contribution in [2.75, 3.05) is 6.54 Å². The summed E-state index contributed by atoms with van der Waals surface area (Å²) in [4.78, 5) is 12.8. The molecule has 1 heterocycles. The van der Waals surface area contributed by atoms with E-state index in [0.29, 0.717) is 23.2 Å². The number of amides is 1. The Bertz CT molecular complexity index is 392. The minimum Gasteiger partial charge on any atom is -0.391 e. The Balaban J connectivity index is 2.41. The lowest BCUT2D eigenvalue weighted by Crippen LogP contribution is -2.35. The van der Waals surface area contributed by atoms with Gasteiger partial charge in [-0.05, 0) is 31.4 Å². The van der Waals surface area contributed by atoms with Crippen LogP contribution < -0.4 is 5.32 Å². The smallest absolute Gasteiger partial charge is 0.228 e. The molecular weight excluding hydrogens is 270 g/mol. The zero-order valence-electron chi connectivity index (χ0n) is 10.9. The lowest BCUT2D eigenvalue weighted by molar-refractivity contribution is -0.122. The first kappa shape index (κ1) is 15.5. The summed E-state index contributed by atoms with van der Waals surface area (Å²) >= 11 is 7.25. The minimum atomic E-state index is -0.479. The molecule has 3 nitrogen and oxygen atoms in total. The molecule has 2 atom stereocenters. The van der Waals surface area contributed by atoms with Crippen LogP contribution in [0.2, 0.25) is 4.34 Å². The Kier molecular flexibility index (Phi) is 6.12. The fourth-order valence-electron chi connectivity index (χ4n) is 1.69. The Morgan fingerprint density at radius 3 is 2.61 bits per heavy atom. The van der Waals surface area contributed by atoms with E-state index in [1.807, 2.05) is 26.8 Å². The number of aliphatic hydroxyl groups excluding tert-OH is 1. The van der Waals surface area contributed by atoms with Crippen molar-refractivity contribution in [2.24, 2.45) is 5.92 Å².